The van der Waals surface area contributed by atoms with Crippen molar-refractivity contribution in [2.45, 2.75) is 51.6 Å². The van der Waals surface area contributed by atoms with Gasteiger partial charge in [0.2, 0.25) is 11.9 Å². The van der Waals surface area contributed by atoms with E-state index in [0.717, 1.165) is 19.4 Å². The van der Waals surface area contributed by atoms with Gasteiger partial charge < -0.3 is 10.2 Å². The van der Waals surface area contributed by atoms with Crippen LogP contribution in [0.15, 0.2) is 6.33 Å². The molecule has 0 aliphatic carbocycles. The highest BCUT2D eigenvalue weighted by molar-refractivity contribution is 5.78. The van der Waals surface area contributed by atoms with Crippen LogP contribution in [0.25, 0.3) is 0 Å². The zero-order valence-corrected chi connectivity index (χ0v) is 13.5. The average molecular weight is 327 g/mol. The molecule has 2 aliphatic rings. The van der Waals surface area contributed by atoms with Crippen LogP contribution in [-0.4, -0.2) is 51.1 Å². The van der Waals surface area contributed by atoms with Crippen LogP contribution in [0.5, 0.6) is 0 Å². The number of hydrogen-bond acceptors (Lipinski definition) is 4. The minimum atomic E-state index is -2.47. The van der Waals surface area contributed by atoms with Crippen molar-refractivity contribution in [3.8, 4) is 0 Å². The molecule has 3 rings (SSSR count). The normalized spacial score (nSPS) is 27.9. The van der Waals surface area contributed by atoms with E-state index in [0.29, 0.717) is 18.9 Å². The fraction of sp³-hybridized carbons (Fsp3) is 0.800. The molecule has 0 radical (unpaired) electrons. The van der Waals surface area contributed by atoms with E-state index in [-0.39, 0.29) is 23.8 Å². The number of rotatable bonds is 3. The lowest BCUT2D eigenvalue weighted by Gasteiger charge is -2.41. The van der Waals surface area contributed by atoms with Crippen LogP contribution in [0, 0.1) is 11.8 Å². The lowest BCUT2D eigenvalue weighted by atomic mass is 9.86. The standard InChI is InChI=1S/C15H23F2N5O/c1-9(2)14(23)21-5-3-4-10(7-21)11-6-12(13(16)17)22-15(20-11)18-8-19-22/h8-13H,3-7H2,1-2H3,(H,18,19,20)/t10-,11-,12+/m0/s1. The molecule has 3 atom stereocenters. The molecular formula is C15H23F2N5O. The molecule has 1 amide bonds. The molecule has 6 nitrogen and oxygen atoms in total. The van der Waals surface area contributed by atoms with Crippen LogP contribution >= 0.6 is 0 Å². The first kappa shape index (κ1) is 16.1. The van der Waals surface area contributed by atoms with Crippen molar-refractivity contribution in [2.75, 3.05) is 18.4 Å². The Labute approximate surface area is 134 Å². The summed E-state index contributed by atoms with van der Waals surface area (Å²) >= 11 is 0. The van der Waals surface area contributed by atoms with Crippen molar-refractivity contribution >= 4 is 11.9 Å². The maximum atomic E-state index is 13.3. The molecule has 1 N–H and O–H groups in total. The summed E-state index contributed by atoms with van der Waals surface area (Å²) in [5.74, 6) is 0.668. The largest absolute Gasteiger partial charge is 0.351 e. The van der Waals surface area contributed by atoms with Gasteiger partial charge >= 0.3 is 0 Å². The van der Waals surface area contributed by atoms with E-state index in [4.69, 9.17) is 0 Å². The Hall–Kier alpha value is -1.73. The number of fused-ring (bicyclic) bond motifs is 1. The van der Waals surface area contributed by atoms with Crippen molar-refractivity contribution in [2.24, 2.45) is 11.8 Å². The zero-order valence-electron chi connectivity index (χ0n) is 13.5. The maximum absolute atomic E-state index is 13.3. The molecule has 1 aromatic heterocycles. The minimum Gasteiger partial charge on any atom is -0.351 e. The highest BCUT2D eigenvalue weighted by Gasteiger charge is 2.39. The van der Waals surface area contributed by atoms with Crippen LogP contribution in [0.1, 0.15) is 39.2 Å². The Bertz CT molecular complexity index is 562. The van der Waals surface area contributed by atoms with E-state index in [1.165, 1.54) is 11.0 Å². The molecule has 23 heavy (non-hydrogen) atoms. The van der Waals surface area contributed by atoms with E-state index >= 15 is 0 Å². The molecule has 0 unspecified atom stereocenters. The van der Waals surface area contributed by atoms with Gasteiger partial charge in [-0.05, 0) is 25.2 Å². The molecule has 0 saturated carbocycles. The first-order valence-corrected chi connectivity index (χ1v) is 8.20. The number of hydrogen-bond donors (Lipinski definition) is 1. The number of aromatic nitrogens is 3. The van der Waals surface area contributed by atoms with E-state index in [9.17, 15) is 13.6 Å². The van der Waals surface area contributed by atoms with Gasteiger partial charge in [-0.15, -0.1) is 0 Å². The third-order valence-corrected chi connectivity index (χ3v) is 4.82. The number of carbonyl (C=O) groups is 1. The third-order valence-electron chi connectivity index (χ3n) is 4.82. The third kappa shape index (κ3) is 3.16. The summed E-state index contributed by atoms with van der Waals surface area (Å²) < 4.78 is 28.0. The van der Waals surface area contributed by atoms with Crippen molar-refractivity contribution in [3.05, 3.63) is 6.33 Å². The number of likely N-dealkylation sites (tertiary alicyclic amines) is 1. The number of carbonyl (C=O) groups excluding carboxylic acids is 1. The summed E-state index contributed by atoms with van der Waals surface area (Å²) in [6.45, 7) is 5.16. The van der Waals surface area contributed by atoms with Gasteiger partial charge in [0.1, 0.15) is 12.4 Å². The Morgan fingerprint density at radius 1 is 1.43 bits per heavy atom. The lowest BCUT2D eigenvalue weighted by molar-refractivity contribution is -0.136. The Morgan fingerprint density at radius 2 is 2.22 bits per heavy atom. The number of anilines is 1. The van der Waals surface area contributed by atoms with Crippen LogP contribution in [-0.2, 0) is 4.79 Å². The predicted octanol–water partition coefficient (Wildman–Crippen LogP) is 2.16. The predicted molar refractivity (Wildman–Crippen MR) is 81.2 cm³/mol. The van der Waals surface area contributed by atoms with Crippen molar-refractivity contribution in [1.29, 1.82) is 0 Å². The summed E-state index contributed by atoms with van der Waals surface area (Å²) in [5, 5.41) is 7.14. The summed E-state index contributed by atoms with van der Waals surface area (Å²) in [6.07, 6.45) is 0.978. The van der Waals surface area contributed by atoms with Gasteiger partial charge in [0.15, 0.2) is 0 Å². The van der Waals surface area contributed by atoms with Crippen molar-refractivity contribution < 1.29 is 13.6 Å². The molecule has 2 aliphatic heterocycles. The van der Waals surface area contributed by atoms with Gasteiger partial charge in [-0.25, -0.2) is 13.5 Å². The van der Waals surface area contributed by atoms with Gasteiger partial charge in [-0.2, -0.15) is 10.1 Å². The first-order chi connectivity index (χ1) is 11.0. The van der Waals surface area contributed by atoms with Crippen LogP contribution < -0.4 is 5.32 Å². The number of nitrogens with zero attached hydrogens (tertiary/aromatic N) is 4. The fourth-order valence-electron chi connectivity index (χ4n) is 3.60. The molecule has 0 aromatic carbocycles. The average Bonchev–Trinajstić information content (AvgIpc) is 3.01. The molecule has 1 fully saturated rings. The molecule has 1 saturated heterocycles. The number of nitrogens with one attached hydrogen (secondary N) is 1. The second kappa shape index (κ2) is 6.41. The van der Waals surface area contributed by atoms with Crippen LogP contribution in [0.2, 0.25) is 0 Å². The summed E-state index contributed by atoms with van der Waals surface area (Å²) in [4.78, 5) is 18.1. The highest BCUT2D eigenvalue weighted by Crippen LogP contribution is 2.35. The zero-order chi connectivity index (χ0) is 16.6. The Balaban J connectivity index is 1.73. The van der Waals surface area contributed by atoms with Gasteiger partial charge in [0.05, 0.1) is 0 Å². The van der Waals surface area contributed by atoms with Crippen LogP contribution in [0.3, 0.4) is 0 Å². The maximum Gasteiger partial charge on any atom is 0.260 e. The summed E-state index contributed by atoms with van der Waals surface area (Å²) in [7, 11) is 0. The highest BCUT2D eigenvalue weighted by atomic mass is 19.3. The SMILES string of the molecule is CC(C)C(=O)N1CCC[C@H]([C@@H]2C[C@H](C(F)F)n3ncnc3N2)C1. The topological polar surface area (TPSA) is 63.1 Å². The second-order valence-corrected chi connectivity index (χ2v) is 6.76. The number of amides is 1. The smallest absolute Gasteiger partial charge is 0.260 e. The quantitative estimate of drug-likeness (QED) is 0.924. The summed E-state index contributed by atoms with van der Waals surface area (Å²) in [5.41, 5.74) is 0. The lowest BCUT2D eigenvalue weighted by Crippen LogP contribution is -2.49. The molecule has 0 bridgehead atoms. The van der Waals surface area contributed by atoms with Gasteiger partial charge in [0.25, 0.3) is 6.43 Å². The van der Waals surface area contributed by atoms with Crippen molar-refractivity contribution in [1.82, 2.24) is 19.7 Å². The van der Waals surface area contributed by atoms with Gasteiger partial charge in [-0.1, -0.05) is 13.8 Å². The van der Waals surface area contributed by atoms with Crippen molar-refractivity contribution in [3.63, 3.8) is 0 Å². The number of piperidine rings is 1. The van der Waals surface area contributed by atoms with E-state index < -0.39 is 12.5 Å². The van der Waals surface area contributed by atoms with Gasteiger partial charge in [-0.3, -0.25) is 4.79 Å². The molecular weight excluding hydrogens is 304 g/mol. The monoisotopic (exact) mass is 327 g/mol. The van der Waals surface area contributed by atoms with Gasteiger partial charge in [0, 0.05) is 25.0 Å². The molecule has 1 aromatic rings. The summed E-state index contributed by atoms with van der Waals surface area (Å²) in [6, 6.07) is -1.05. The fourth-order valence-corrected chi connectivity index (χ4v) is 3.60. The van der Waals surface area contributed by atoms with Crippen LogP contribution in [0.4, 0.5) is 14.7 Å². The minimum absolute atomic E-state index is 0.0371. The molecule has 3 heterocycles. The first-order valence-electron chi connectivity index (χ1n) is 8.20. The second-order valence-electron chi connectivity index (χ2n) is 6.76. The molecule has 8 heteroatoms. The molecule has 128 valence electrons. The van der Waals surface area contributed by atoms with E-state index in [1.54, 1.807) is 0 Å². The molecule has 0 spiro atoms. The van der Waals surface area contributed by atoms with E-state index in [1.807, 2.05) is 18.7 Å². The number of halogens is 2. The number of alkyl halides is 2. The Kier molecular flexibility index (Phi) is 4.50. The van der Waals surface area contributed by atoms with E-state index in [2.05, 4.69) is 15.4 Å². The Morgan fingerprint density at radius 3 is 2.91 bits per heavy atom.